The summed E-state index contributed by atoms with van der Waals surface area (Å²) in [4.78, 5) is 16.2. The summed E-state index contributed by atoms with van der Waals surface area (Å²) in [6.45, 7) is 4.15. The molecule has 2 bridgehead atoms. The summed E-state index contributed by atoms with van der Waals surface area (Å²) in [7, 11) is 0. The van der Waals surface area contributed by atoms with Gasteiger partial charge in [0.25, 0.3) is 5.56 Å². The first kappa shape index (κ1) is 18.6. The fraction of sp³-hybridized carbons (Fsp3) is 0.500. The maximum Gasteiger partial charge on any atom is 0.264 e. The number of likely N-dealkylation sites (tertiary alicyclic amines) is 1. The Morgan fingerprint density at radius 2 is 2.10 bits per heavy atom. The number of aryl methyl sites for hydroxylation is 1. The highest BCUT2D eigenvalue weighted by Crippen LogP contribution is 2.39. The summed E-state index contributed by atoms with van der Waals surface area (Å²) in [6, 6.07) is 6.61. The van der Waals surface area contributed by atoms with Crippen molar-refractivity contribution in [1.82, 2.24) is 14.6 Å². The van der Waals surface area contributed by atoms with E-state index in [9.17, 15) is 4.79 Å². The largest absolute Gasteiger partial charge is 0.360 e. The molecule has 3 aromatic rings. The van der Waals surface area contributed by atoms with Gasteiger partial charge in [0, 0.05) is 30.6 Å². The van der Waals surface area contributed by atoms with Crippen molar-refractivity contribution in [2.75, 3.05) is 13.1 Å². The van der Waals surface area contributed by atoms with Crippen LogP contribution >= 0.6 is 11.6 Å². The molecule has 0 amide bonds. The summed E-state index contributed by atoms with van der Waals surface area (Å²) in [5.74, 6) is 1.94. The number of rotatable bonds is 3. The van der Waals surface area contributed by atoms with E-state index >= 15 is 0 Å². The lowest BCUT2D eigenvalue weighted by molar-refractivity contribution is 0.176. The number of nitrogens with zero attached hydrogens (tertiary/aromatic N) is 3. The standard InChI is InChI=1S/C24H26ClN3O2/c1-14-21-23(26-30-14)22-19(25)6-3-7-20(22)28(24(21)29)18-5-2-4-15(11-18)12-27-13-16-8-9-17(27)10-16/h3,6-9,15-18H,2,4-5,10-13H2,1H3. The third kappa shape index (κ3) is 2.78. The van der Waals surface area contributed by atoms with E-state index in [4.69, 9.17) is 16.1 Å². The van der Waals surface area contributed by atoms with Crippen molar-refractivity contribution in [1.29, 1.82) is 0 Å². The zero-order valence-corrected chi connectivity index (χ0v) is 17.9. The van der Waals surface area contributed by atoms with Gasteiger partial charge in [-0.05, 0) is 56.6 Å². The Hall–Kier alpha value is -2.11. The van der Waals surface area contributed by atoms with Gasteiger partial charge in [0.2, 0.25) is 0 Å². The molecule has 6 rings (SSSR count). The Morgan fingerprint density at radius 3 is 2.90 bits per heavy atom. The lowest BCUT2D eigenvalue weighted by Crippen LogP contribution is -2.37. The van der Waals surface area contributed by atoms with Gasteiger partial charge in [-0.15, -0.1) is 0 Å². The fourth-order valence-corrected chi connectivity index (χ4v) is 6.39. The van der Waals surface area contributed by atoms with Crippen LogP contribution in [0.2, 0.25) is 5.02 Å². The molecule has 2 aromatic heterocycles. The van der Waals surface area contributed by atoms with Gasteiger partial charge < -0.3 is 9.09 Å². The molecule has 3 heterocycles. The molecule has 1 aromatic carbocycles. The van der Waals surface area contributed by atoms with Gasteiger partial charge in [0.05, 0.1) is 10.5 Å². The highest BCUT2D eigenvalue weighted by atomic mass is 35.5. The first-order valence-electron chi connectivity index (χ1n) is 11.1. The first-order chi connectivity index (χ1) is 14.6. The van der Waals surface area contributed by atoms with E-state index in [0.29, 0.717) is 33.6 Å². The molecule has 6 heteroatoms. The summed E-state index contributed by atoms with van der Waals surface area (Å²) in [5, 5.41) is 6.19. The van der Waals surface area contributed by atoms with Crippen LogP contribution in [0.25, 0.3) is 21.8 Å². The van der Waals surface area contributed by atoms with Gasteiger partial charge in [0.15, 0.2) is 0 Å². The quantitative estimate of drug-likeness (QED) is 0.550. The average Bonchev–Trinajstić information content (AvgIpc) is 3.45. The van der Waals surface area contributed by atoms with Crippen molar-refractivity contribution < 1.29 is 4.52 Å². The summed E-state index contributed by atoms with van der Waals surface area (Å²) in [5.41, 5.74) is 1.47. The van der Waals surface area contributed by atoms with E-state index in [1.54, 1.807) is 0 Å². The molecule has 3 aliphatic rings. The molecule has 4 atom stereocenters. The van der Waals surface area contributed by atoms with E-state index in [-0.39, 0.29) is 11.6 Å². The average molecular weight is 424 g/mol. The van der Waals surface area contributed by atoms with Crippen LogP contribution < -0.4 is 5.56 Å². The minimum Gasteiger partial charge on any atom is -0.360 e. The lowest BCUT2D eigenvalue weighted by atomic mass is 9.84. The minimum absolute atomic E-state index is 0.00679. The number of pyridine rings is 1. The zero-order chi connectivity index (χ0) is 20.4. The first-order valence-corrected chi connectivity index (χ1v) is 11.5. The second kappa shape index (κ2) is 6.96. The van der Waals surface area contributed by atoms with Crippen molar-refractivity contribution in [3.05, 3.63) is 51.5 Å². The maximum absolute atomic E-state index is 13.6. The van der Waals surface area contributed by atoms with Gasteiger partial charge in [-0.3, -0.25) is 9.69 Å². The van der Waals surface area contributed by atoms with E-state index < -0.39 is 0 Å². The van der Waals surface area contributed by atoms with Crippen LogP contribution in [-0.2, 0) is 0 Å². The predicted octanol–water partition coefficient (Wildman–Crippen LogP) is 5.10. The Bertz CT molecular complexity index is 1230. The molecule has 1 saturated heterocycles. The molecule has 2 aliphatic carbocycles. The predicted molar refractivity (Wildman–Crippen MR) is 119 cm³/mol. The molecule has 156 valence electrons. The van der Waals surface area contributed by atoms with Crippen LogP contribution in [0.15, 0.2) is 39.7 Å². The third-order valence-electron chi connectivity index (χ3n) is 7.48. The molecule has 0 spiro atoms. The number of benzene rings is 1. The molecule has 5 nitrogen and oxygen atoms in total. The van der Waals surface area contributed by atoms with Gasteiger partial charge in [-0.1, -0.05) is 41.4 Å². The van der Waals surface area contributed by atoms with Crippen molar-refractivity contribution in [3.63, 3.8) is 0 Å². The van der Waals surface area contributed by atoms with Crippen molar-refractivity contribution in [2.24, 2.45) is 11.8 Å². The Morgan fingerprint density at radius 1 is 1.20 bits per heavy atom. The molecule has 4 unspecified atom stereocenters. The molecular formula is C24H26ClN3O2. The van der Waals surface area contributed by atoms with Crippen molar-refractivity contribution in [2.45, 2.75) is 51.1 Å². The highest BCUT2D eigenvalue weighted by Gasteiger charge is 2.36. The Kier molecular flexibility index (Phi) is 4.32. The highest BCUT2D eigenvalue weighted by molar-refractivity contribution is 6.37. The van der Waals surface area contributed by atoms with Crippen LogP contribution in [0, 0.1) is 18.8 Å². The molecule has 2 fully saturated rings. The van der Waals surface area contributed by atoms with Crippen LogP contribution in [0.3, 0.4) is 0 Å². The van der Waals surface area contributed by atoms with Gasteiger partial charge >= 0.3 is 0 Å². The summed E-state index contributed by atoms with van der Waals surface area (Å²) < 4.78 is 7.40. The van der Waals surface area contributed by atoms with E-state index in [1.807, 2.05) is 29.7 Å². The maximum atomic E-state index is 13.6. The van der Waals surface area contributed by atoms with Crippen molar-refractivity contribution >= 4 is 33.4 Å². The van der Waals surface area contributed by atoms with Gasteiger partial charge in [0.1, 0.15) is 16.7 Å². The fourth-order valence-electron chi connectivity index (χ4n) is 6.13. The zero-order valence-electron chi connectivity index (χ0n) is 17.2. The smallest absolute Gasteiger partial charge is 0.264 e. The van der Waals surface area contributed by atoms with E-state index in [2.05, 4.69) is 22.2 Å². The molecule has 30 heavy (non-hydrogen) atoms. The normalized spacial score (nSPS) is 28.9. The van der Waals surface area contributed by atoms with E-state index in [0.717, 1.165) is 42.6 Å². The summed E-state index contributed by atoms with van der Waals surface area (Å²) >= 11 is 6.58. The molecule has 1 saturated carbocycles. The molecule has 0 radical (unpaired) electrons. The topological polar surface area (TPSA) is 51.3 Å². The Balaban J connectivity index is 1.40. The second-order valence-electron chi connectivity index (χ2n) is 9.36. The Labute approximate surface area is 180 Å². The monoisotopic (exact) mass is 423 g/mol. The van der Waals surface area contributed by atoms with Gasteiger partial charge in [-0.25, -0.2) is 0 Å². The summed E-state index contributed by atoms with van der Waals surface area (Å²) in [6.07, 6.45) is 10.5. The third-order valence-corrected chi connectivity index (χ3v) is 7.80. The number of fused-ring (bicyclic) bond motifs is 5. The lowest BCUT2D eigenvalue weighted by Gasteiger charge is -2.35. The van der Waals surface area contributed by atoms with Crippen molar-refractivity contribution in [3.8, 4) is 0 Å². The minimum atomic E-state index is 0.00679. The molecule has 0 N–H and O–H groups in total. The van der Waals surface area contributed by atoms with Gasteiger partial charge in [-0.2, -0.15) is 0 Å². The number of hydrogen-bond donors (Lipinski definition) is 0. The SMILES string of the molecule is Cc1onc2c1c(=O)n(C1CCCC(CN3CC4C=CC3C4)C1)c1cccc(Cl)c21. The van der Waals surface area contributed by atoms with Crippen LogP contribution in [0.1, 0.15) is 43.9 Å². The van der Waals surface area contributed by atoms with Crippen LogP contribution in [0.4, 0.5) is 0 Å². The molecular weight excluding hydrogens is 398 g/mol. The second-order valence-corrected chi connectivity index (χ2v) is 9.77. The van der Waals surface area contributed by atoms with Crippen LogP contribution in [0.5, 0.6) is 0 Å². The van der Waals surface area contributed by atoms with Crippen LogP contribution in [-0.4, -0.2) is 33.8 Å². The number of aromatic nitrogens is 2. The van der Waals surface area contributed by atoms with E-state index in [1.165, 1.54) is 19.4 Å². The number of hydrogen-bond acceptors (Lipinski definition) is 4. The number of halogens is 1. The molecule has 1 aliphatic heterocycles.